The quantitative estimate of drug-likeness (QED) is 0.869. The Morgan fingerprint density at radius 1 is 1.04 bits per heavy atom. The Balaban J connectivity index is 1.97. The van der Waals surface area contributed by atoms with Crippen LogP contribution in [0.5, 0.6) is 5.75 Å². The van der Waals surface area contributed by atoms with Gasteiger partial charge < -0.3 is 14.4 Å². The first-order chi connectivity index (χ1) is 12.0. The predicted molar refractivity (Wildman–Crippen MR) is 97.0 cm³/mol. The van der Waals surface area contributed by atoms with Gasteiger partial charge in [-0.2, -0.15) is 0 Å². The number of anilines is 2. The number of hydrogen-bond acceptors (Lipinski definition) is 4. The van der Waals surface area contributed by atoms with Crippen LogP contribution in [0.1, 0.15) is 13.8 Å². The van der Waals surface area contributed by atoms with Gasteiger partial charge in [-0.15, -0.1) is 0 Å². The van der Waals surface area contributed by atoms with Crippen LogP contribution in [0.2, 0.25) is 0 Å². The highest BCUT2D eigenvalue weighted by Gasteiger charge is 2.19. The minimum atomic E-state index is -0.542. The Morgan fingerprint density at radius 2 is 1.68 bits per heavy atom. The van der Waals surface area contributed by atoms with Crippen molar-refractivity contribution in [2.75, 3.05) is 23.9 Å². The Bertz CT molecular complexity index is 699. The van der Waals surface area contributed by atoms with Crippen LogP contribution in [0, 0.1) is 0 Å². The third kappa shape index (κ3) is 5.24. The molecule has 25 heavy (non-hydrogen) atoms. The molecule has 0 radical (unpaired) electrons. The van der Waals surface area contributed by atoms with E-state index in [2.05, 4.69) is 10.1 Å². The number of rotatable bonds is 6. The lowest BCUT2D eigenvalue weighted by Gasteiger charge is -2.26. The highest BCUT2D eigenvalue weighted by atomic mass is 16.5. The van der Waals surface area contributed by atoms with Crippen molar-refractivity contribution in [1.82, 2.24) is 0 Å². The van der Waals surface area contributed by atoms with E-state index in [9.17, 15) is 9.59 Å². The number of para-hydroxylation sites is 1. The molecule has 2 aromatic rings. The summed E-state index contributed by atoms with van der Waals surface area (Å²) in [6, 6.07) is 16.2. The van der Waals surface area contributed by atoms with Gasteiger partial charge >= 0.3 is 6.09 Å². The molecule has 0 saturated heterocycles. The second-order valence-electron chi connectivity index (χ2n) is 5.62. The van der Waals surface area contributed by atoms with E-state index in [1.54, 1.807) is 29.2 Å². The summed E-state index contributed by atoms with van der Waals surface area (Å²) < 4.78 is 10.1. The molecule has 6 nitrogen and oxygen atoms in total. The van der Waals surface area contributed by atoms with Crippen molar-refractivity contribution < 1.29 is 19.1 Å². The van der Waals surface area contributed by atoms with Crippen molar-refractivity contribution in [3.63, 3.8) is 0 Å². The smallest absolute Gasteiger partial charge is 0.411 e. The summed E-state index contributed by atoms with van der Waals surface area (Å²) in [5.41, 5.74) is 1.42. The minimum absolute atomic E-state index is 0.0186. The molecule has 0 fully saturated rings. The number of methoxy groups -OCH3 is 1. The second kappa shape index (κ2) is 8.73. The van der Waals surface area contributed by atoms with E-state index in [4.69, 9.17) is 4.74 Å². The first-order valence-corrected chi connectivity index (χ1v) is 7.96. The molecule has 0 spiro atoms. The molecule has 2 aromatic carbocycles. The van der Waals surface area contributed by atoms with Crippen LogP contribution in [0.25, 0.3) is 0 Å². The average molecular weight is 342 g/mol. The van der Waals surface area contributed by atoms with Gasteiger partial charge in [0.25, 0.3) is 5.91 Å². The van der Waals surface area contributed by atoms with E-state index in [0.29, 0.717) is 11.4 Å². The largest absolute Gasteiger partial charge is 0.484 e. The molecule has 0 aliphatic rings. The second-order valence-corrected chi connectivity index (χ2v) is 5.62. The van der Waals surface area contributed by atoms with Crippen molar-refractivity contribution in [1.29, 1.82) is 0 Å². The van der Waals surface area contributed by atoms with Crippen molar-refractivity contribution in [3.8, 4) is 5.75 Å². The monoisotopic (exact) mass is 342 g/mol. The summed E-state index contributed by atoms with van der Waals surface area (Å²) >= 11 is 0. The fourth-order valence-corrected chi connectivity index (χ4v) is 2.34. The third-order valence-corrected chi connectivity index (χ3v) is 3.47. The van der Waals surface area contributed by atoms with Gasteiger partial charge in [0.05, 0.1) is 7.11 Å². The normalized spacial score (nSPS) is 10.2. The van der Waals surface area contributed by atoms with Crippen molar-refractivity contribution in [2.45, 2.75) is 19.9 Å². The van der Waals surface area contributed by atoms with Crippen LogP contribution in [0.3, 0.4) is 0 Å². The van der Waals surface area contributed by atoms with Gasteiger partial charge in [-0.1, -0.05) is 18.2 Å². The van der Waals surface area contributed by atoms with E-state index in [1.165, 1.54) is 7.11 Å². The average Bonchev–Trinajstić information content (AvgIpc) is 2.61. The van der Waals surface area contributed by atoms with Crippen LogP contribution in [-0.4, -0.2) is 31.8 Å². The topological polar surface area (TPSA) is 67.9 Å². The Morgan fingerprint density at radius 3 is 2.24 bits per heavy atom. The van der Waals surface area contributed by atoms with Crippen LogP contribution in [0.15, 0.2) is 54.6 Å². The zero-order chi connectivity index (χ0) is 18.2. The lowest BCUT2D eigenvalue weighted by molar-refractivity contribution is -0.120. The van der Waals surface area contributed by atoms with Gasteiger partial charge in [0.2, 0.25) is 0 Å². The summed E-state index contributed by atoms with van der Waals surface area (Å²) in [6.07, 6.45) is -0.542. The molecule has 0 atom stereocenters. The lowest BCUT2D eigenvalue weighted by atomic mass is 10.2. The molecule has 0 unspecified atom stereocenters. The maximum absolute atomic E-state index is 12.5. The fourth-order valence-electron chi connectivity index (χ4n) is 2.34. The molecular formula is C19H22N2O4. The SMILES string of the molecule is COC(=O)Nc1ccc(OCC(=O)N(c2ccccc2)C(C)C)cc1. The number of benzene rings is 2. The van der Waals surface area contributed by atoms with Crippen molar-refractivity contribution >= 4 is 23.4 Å². The van der Waals surface area contributed by atoms with E-state index in [1.807, 2.05) is 44.2 Å². The molecule has 0 aliphatic carbocycles. The zero-order valence-corrected chi connectivity index (χ0v) is 14.6. The van der Waals surface area contributed by atoms with Crippen molar-refractivity contribution in [3.05, 3.63) is 54.6 Å². The summed E-state index contributed by atoms with van der Waals surface area (Å²) in [4.78, 5) is 25.4. The molecule has 2 amide bonds. The maximum atomic E-state index is 12.5. The minimum Gasteiger partial charge on any atom is -0.484 e. The molecule has 1 N–H and O–H groups in total. The number of nitrogens with one attached hydrogen (secondary N) is 1. The van der Waals surface area contributed by atoms with Gasteiger partial charge in [0.1, 0.15) is 5.75 Å². The van der Waals surface area contributed by atoms with Gasteiger partial charge in [-0.3, -0.25) is 10.1 Å². The van der Waals surface area contributed by atoms with E-state index in [-0.39, 0.29) is 18.6 Å². The van der Waals surface area contributed by atoms with Crippen LogP contribution >= 0.6 is 0 Å². The number of carbonyl (C=O) groups excluding carboxylic acids is 2. The zero-order valence-electron chi connectivity index (χ0n) is 14.6. The van der Waals surface area contributed by atoms with Crippen LogP contribution < -0.4 is 15.0 Å². The standard InChI is InChI=1S/C19H22N2O4/c1-14(2)21(16-7-5-4-6-8-16)18(22)13-25-17-11-9-15(10-12-17)20-19(23)24-3/h4-12,14H,13H2,1-3H3,(H,20,23). The molecule has 0 heterocycles. The molecule has 132 valence electrons. The van der Waals surface area contributed by atoms with Gasteiger partial charge in [-0.25, -0.2) is 4.79 Å². The van der Waals surface area contributed by atoms with Crippen LogP contribution in [-0.2, 0) is 9.53 Å². The van der Waals surface area contributed by atoms with E-state index < -0.39 is 6.09 Å². The van der Waals surface area contributed by atoms with Gasteiger partial charge in [0.15, 0.2) is 6.61 Å². The molecule has 0 aliphatic heterocycles. The summed E-state index contributed by atoms with van der Waals surface area (Å²) in [5, 5.41) is 2.55. The number of hydrogen-bond donors (Lipinski definition) is 1. The Labute approximate surface area is 147 Å². The first-order valence-electron chi connectivity index (χ1n) is 7.96. The molecular weight excluding hydrogens is 320 g/mol. The third-order valence-electron chi connectivity index (χ3n) is 3.47. The Hall–Kier alpha value is -3.02. The maximum Gasteiger partial charge on any atom is 0.411 e. The summed E-state index contributed by atoms with van der Waals surface area (Å²) in [6.45, 7) is 3.84. The highest BCUT2D eigenvalue weighted by Crippen LogP contribution is 2.19. The fraction of sp³-hybridized carbons (Fsp3) is 0.263. The van der Waals surface area contributed by atoms with Gasteiger partial charge in [0, 0.05) is 17.4 Å². The van der Waals surface area contributed by atoms with Crippen LogP contribution in [0.4, 0.5) is 16.2 Å². The van der Waals surface area contributed by atoms with E-state index >= 15 is 0 Å². The number of amides is 2. The molecule has 6 heteroatoms. The summed E-state index contributed by atoms with van der Waals surface area (Å²) in [5.74, 6) is 0.415. The molecule has 2 rings (SSSR count). The number of nitrogens with zero attached hydrogens (tertiary/aromatic N) is 1. The summed E-state index contributed by atoms with van der Waals surface area (Å²) in [7, 11) is 1.30. The predicted octanol–water partition coefficient (Wildman–Crippen LogP) is 3.69. The number of ether oxygens (including phenoxy) is 2. The Kier molecular flexibility index (Phi) is 6.39. The lowest BCUT2D eigenvalue weighted by Crippen LogP contribution is -2.40. The molecule has 0 aromatic heterocycles. The molecule has 0 bridgehead atoms. The van der Waals surface area contributed by atoms with Gasteiger partial charge in [-0.05, 0) is 50.2 Å². The highest BCUT2D eigenvalue weighted by molar-refractivity contribution is 5.95. The van der Waals surface area contributed by atoms with E-state index in [0.717, 1.165) is 5.69 Å². The first kappa shape index (κ1) is 18.3. The van der Waals surface area contributed by atoms with Crippen molar-refractivity contribution in [2.24, 2.45) is 0 Å². The number of carbonyl (C=O) groups is 2. The molecule has 0 saturated carbocycles.